The average Bonchev–Trinajstić information content (AvgIpc) is 2.63. The van der Waals surface area contributed by atoms with E-state index in [2.05, 4.69) is 79.8 Å². The Balaban J connectivity index is 1.98. The summed E-state index contributed by atoms with van der Waals surface area (Å²) in [6, 6.07) is 25.6. The Hall–Kier alpha value is -2.16. The van der Waals surface area contributed by atoms with Gasteiger partial charge in [-0.1, -0.05) is 48.5 Å². The second-order valence-electron chi connectivity index (χ2n) is 7.46. The van der Waals surface area contributed by atoms with E-state index in [1.54, 1.807) is 0 Å². The van der Waals surface area contributed by atoms with Gasteiger partial charge in [0.25, 0.3) is 0 Å². The van der Waals surface area contributed by atoms with Gasteiger partial charge in [0.05, 0.1) is 0 Å². The van der Waals surface area contributed by atoms with Gasteiger partial charge in [-0.05, 0) is 81.6 Å². The first-order chi connectivity index (χ1) is 12.1. The molecule has 0 spiro atoms. The maximum absolute atomic E-state index is 5.79. The van der Waals surface area contributed by atoms with Crippen LogP contribution < -0.4 is 0 Å². The molecule has 0 bridgehead atoms. The van der Waals surface area contributed by atoms with Crippen LogP contribution in [0.3, 0.4) is 0 Å². The lowest BCUT2D eigenvalue weighted by Gasteiger charge is -2.21. The van der Waals surface area contributed by atoms with Crippen LogP contribution in [0.15, 0.2) is 66.7 Å². The van der Waals surface area contributed by atoms with Gasteiger partial charge in [-0.25, -0.2) is 0 Å². The summed E-state index contributed by atoms with van der Waals surface area (Å²) < 4.78 is 5.79. The Labute approximate surface area is 150 Å². The molecular formula is C23H24OSi. The van der Waals surface area contributed by atoms with Crippen LogP contribution >= 0.6 is 0 Å². The third-order valence-electron chi connectivity index (χ3n) is 5.37. The molecule has 1 nitrogen and oxygen atoms in total. The van der Waals surface area contributed by atoms with E-state index in [4.69, 9.17) is 4.43 Å². The van der Waals surface area contributed by atoms with Crippen LogP contribution in [0.1, 0.15) is 5.56 Å². The zero-order valence-corrected chi connectivity index (χ0v) is 16.2. The predicted octanol–water partition coefficient (Wildman–Crippen LogP) is 6.54. The predicted molar refractivity (Wildman–Crippen MR) is 112 cm³/mol. The smallest absolute Gasteiger partial charge is 0.186 e. The van der Waals surface area contributed by atoms with Gasteiger partial charge in [0.1, 0.15) is 0 Å². The van der Waals surface area contributed by atoms with Crippen molar-refractivity contribution in [1.82, 2.24) is 0 Å². The second kappa shape index (κ2) is 6.29. The van der Waals surface area contributed by atoms with Crippen molar-refractivity contribution < 1.29 is 4.43 Å². The topological polar surface area (TPSA) is 9.23 Å². The maximum Gasteiger partial charge on any atom is 0.186 e. The zero-order valence-electron chi connectivity index (χ0n) is 15.2. The Morgan fingerprint density at radius 1 is 0.720 bits per heavy atom. The van der Waals surface area contributed by atoms with Crippen LogP contribution in [0.4, 0.5) is 0 Å². The molecule has 0 N–H and O–H groups in total. The van der Waals surface area contributed by atoms with Gasteiger partial charge in [-0.3, -0.25) is 0 Å². The van der Waals surface area contributed by atoms with Crippen molar-refractivity contribution in [2.45, 2.75) is 25.6 Å². The molecule has 0 aromatic heterocycles. The summed E-state index contributed by atoms with van der Waals surface area (Å²) in [5.41, 5.74) is 1.47. The molecule has 0 aliphatic carbocycles. The summed E-state index contributed by atoms with van der Waals surface area (Å²) in [7, 11) is 0.274. The van der Waals surface area contributed by atoms with Crippen LogP contribution in [-0.4, -0.2) is 15.4 Å². The van der Waals surface area contributed by atoms with Crippen LogP contribution in [0.25, 0.3) is 32.3 Å². The summed E-state index contributed by atoms with van der Waals surface area (Å²) in [6.45, 7) is 4.60. The Bertz CT molecular complexity index is 1060. The SMILES string of the molecule is CO[Si](C)(C)CCc1c2ccccc2cc2cc3ccccc3cc12. The monoisotopic (exact) mass is 344 g/mol. The van der Waals surface area contributed by atoms with Crippen molar-refractivity contribution in [3.05, 3.63) is 72.3 Å². The minimum absolute atomic E-state index is 1.07. The summed E-state index contributed by atoms with van der Waals surface area (Å²) in [5, 5.41) is 8.06. The number of hydrogen-bond donors (Lipinski definition) is 0. The van der Waals surface area contributed by atoms with Crippen LogP contribution in [0.5, 0.6) is 0 Å². The third kappa shape index (κ3) is 3.08. The van der Waals surface area contributed by atoms with Crippen molar-refractivity contribution in [1.29, 1.82) is 0 Å². The zero-order chi connectivity index (χ0) is 17.4. The van der Waals surface area contributed by atoms with Crippen molar-refractivity contribution in [2.24, 2.45) is 0 Å². The molecule has 0 amide bonds. The molecule has 0 aliphatic rings. The quantitative estimate of drug-likeness (QED) is 0.302. The van der Waals surface area contributed by atoms with Gasteiger partial charge in [0.2, 0.25) is 0 Å². The minimum Gasteiger partial charge on any atom is -0.420 e. The molecule has 0 atom stereocenters. The minimum atomic E-state index is -1.59. The molecule has 4 rings (SSSR count). The highest BCUT2D eigenvalue weighted by Gasteiger charge is 2.21. The highest BCUT2D eigenvalue weighted by atomic mass is 28.4. The summed E-state index contributed by atoms with van der Waals surface area (Å²) in [6.07, 6.45) is 1.07. The van der Waals surface area contributed by atoms with E-state index in [0.29, 0.717) is 0 Å². The fraction of sp³-hybridized carbons (Fsp3) is 0.217. The van der Waals surface area contributed by atoms with Crippen LogP contribution in [-0.2, 0) is 10.8 Å². The highest BCUT2D eigenvalue weighted by Crippen LogP contribution is 2.33. The first kappa shape index (κ1) is 16.3. The first-order valence-corrected chi connectivity index (χ1v) is 12.1. The molecule has 4 aromatic rings. The normalized spacial score (nSPS) is 12.3. The van der Waals surface area contributed by atoms with Gasteiger partial charge in [0.15, 0.2) is 8.32 Å². The van der Waals surface area contributed by atoms with Crippen LogP contribution in [0.2, 0.25) is 19.1 Å². The van der Waals surface area contributed by atoms with E-state index < -0.39 is 8.32 Å². The number of fused-ring (bicyclic) bond motifs is 3. The lowest BCUT2D eigenvalue weighted by molar-refractivity contribution is 0.403. The molecule has 0 radical (unpaired) electrons. The van der Waals surface area contributed by atoms with E-state index >= 15 is 0 Å². The number of benzene rings is 4. The van der Waals surface area contributed by atoms with Crippen molar-refractivity contribution in [2.75, 3.05) is 7.11 Å². The van der Waals surface area contributed by atoms with E-state index in [1.807, 2.05) is 7.11 Å². The fourth-order valence-electron chi connectivity index (χ4n) is 3.65. The Kier molecular flexibility index (Phi) is 4.10. The Morgan fingerprint density at radius 2 is 1.32 bits per heavy atom. The number of aryl methyl sites for hydroxylation is 1. The van der Waals surface area contributed by atoms with E-state index in [0.717, 1.165) is 12.5 Å². The van der Waals surface area contributed by atoms with Crippen molar-refractivity contribution in [3.63, 3.8) is 0 Å². The first-order valence-electron chi connectivity index (χ1n) is 8.96. The number of rotatable bonds is 4. The molecule has 0 saturated heterocycles. The lowest BCUT2D eigenvalue weighted by Crippen LogP contribution is -2.28. The molecule has 25 heavy (non-hydrogen) atoms. The summed E-state index contributed by atoms with van der Waals surface area (Å²) >= 11 is 0. The fourth-order valence-corrected chi connectivity index (χ4v) is 4.70. The van der Waals surface area contributed by atoms with E-state index in [9.17, 15) is 0 Å². The van der Waals surface area contributed by atoms with Gasteiger partial charge >= 0.3 is 0 Å². The van der Waals surface area contributed by atoms with E-state index in [-0.39, 0.29) is 0 Å². The van der Waals surface area contributed by atoms with E-state index in [1.165, 1.54) is 37.9 Å². The molecule has 0 saturated carbocycles. The molecule has 0 aliphatic heterocycles. The van der Waals surface area contributed by atoms with Gasteiger partial charge < -0.3 is 4.43 Å². The highest BCUT2D eigenvalue weighted by molar-refractivity contribution is 6.71. The van der Waals surface area contributed by atoms with Crippen molar-refractivity contribution >= 4 is 40.6 Å². The maximum atomic E-state index is 5.79. The summed E-state index contributed by atoms with van der Waals surface area (Å²) in [4.78, 5) is 0. The molecular weight excluding hydrogens is 320 g/mol. The van der Waals surface area contributed by atoms with Gasteiger partial charge in [-0.15, -0.1) is 0 Å². The van der Waals surface area contributed by atoms with Crippen molar-refractivity contribution in [3.8, 4) is 0 Å². The molecule has 4 aromatic carbocycles. The van der Waals surface area contributed by atoms with Crippen LogP contribution in [0, 0.1) is 0 Å². The second-order valence-corrected chi connectivity index (χ2v) is 11.9. The average molecular weight is 345 g/mol. The molecule has 0 fully saturated rings. The molecule has 126 valence electrons. The number of hydrogen-bond acceptors (Lipinski definition) is 1. The molecule has 0 heterocycles. The molecule has 2 heteroatoms. The Morgan fingerprint density at radius 3 is 2.04 bits per heavy atom. The lowest BCUT2D eigenvalue weighted by atomic mass is 9.93. The van der Waals surface area contributed by atoms with Gasteiger partial charge in [-0.2, -0.15) is 0 Å². The molecule has 0 unspecified atom stereocenters. The third-order valence-corrected chi connectivity index (χ3v) is 7.93. The summed E-state index contributed by atoms with van der Waals surface area (Å²) in [5.74, 6) is 0. The van der Waals surface area contributed by atoms with Gasteiger partial charge in [0, 0.05) is 7.11 Å². The largest absolute Gasteiger partial charge is 0.420 e. The standard InChI is InChI=1S/C23H24OSi/c1-24-25(2,3)13-12-22-21-11-7-6-10-19(21)15-20-14-17-8-4-5-9-18(17)16-23(20)22/h4-11,14-16H,12-13H2,1-3H3.